The van der Waals surface area contributed by atoms with Crippen molar-refractivity contribution in [3.05, 3.63) is 32.1 Å². The Morgan fingerprint density at radius 3 is 2.15 bits per heavy atom. The summed E-state index contributed by atoms with van der Waals surface area (Å²) < 4.78 is 49.0. The molecule has 0 saturated heterocycles. The Morgan fingerprint density at radius 2 is 1.77 bits per heavy atom. The second-order valence-electron chi connectivity index (χ2n) is 2.22. The van der Waals surface area contributed by atoms with E-state index in [1.165, 1.54) is 22.6 Å². The quantitative estimate of drug-likeness (QED) is 0.383. The summed E-state index contributed by atoms with van der Waals surface area (Å²) in [6, 6.07) is 1.79. The fourth-order valence-electron chi connectivity index (χ4n) is 0.787. The predicted octanol–water partition coefficient (Wildman–Crippen LogP) is 4.10. The Hall–Kier alpha value is -0.0400. The zero-order valence-electron chi connectivity index (χ0n) is 5.92. The fraction of sp³-hybridized carbons (Fsp3) is 0.143. The molecule has 0 unspecified atom stereocenters. The molecule has 1 aromatic carbocycles. The molecule has 72 valence electrons. The molecule has 0 nitrogen and oxygen atoms in total. The molecule has 0 atom stereocenters. The first kappa shape index (κ1) is 11.0. The summed E-state index contributed by atoms with van der Waals surface area (Å²) in [5, 5.41) is -0.102. The first-order valence-electron chi connectivity index (χ1n) is 3.04. The Balaban J connectivity index is 3.43. The smallest absolute Gasteiger partial charge is 0.206 e. The highest BCUT2D eigenvalue weighted by molar-refractivity contribution is 14.1. The maximum atomic E-state index is 12.7. The molecule has 1 aromatic rings. The monoisotopic (exact) mass is 324 g/mol. The van der Waals surface area contributed by atoms with Crippen molar-refractivity contribution in [2.45, 2.75) is 6.18 Å². The minimum Gasteiger partial charge on any atom is -0.206 e. The highest BCUT2D eigenvalue weighted by Gasteiger charge is 2.37. The van der Waals surface area contributed by atoms with Crippen molar-refractivity contribution in [1.82, 2.24) is 0 Å². The Labute approximate surface area is 90.0 Å². The lowest BCUT2D eigenvalue weighted by atomic mass is 10.2. The predicted molar refractivity (Wildman–Crippen MR) is 49.1 cm³/mol. The number of hydrogen-bond acceptors (Lipinski definition) is 0. The van der Waals surface area contributed by atoms with E-state index in [2.05, 4.69) is 0 Å². The lowest BCUT2D eigenvalue weighted by Gasteiger charge is -2.10. The van der Waals surface area contributed by atoms with E-state index in [1.807, 2.05) is 0 Å². The molecule has 0 bridgehead atoms. The molecule has 0 radical (unpaired) electrons. The van der Waals surface area contributed by atoms with E-state index in [1.54, 1.807) is 0 Å². The van der Waals surface area contributed by atoms with Crippen LogP contribution in [0.4, 0.5) is 17.6 Å². The third-order valence-corrected chi connectivity index (χ3v) is 3.08. The summed E-state index contributed by atoms with van der Waals surface area (Å²) in [5.74, 6) is -1.30. The lowest BCUT2D eigenvalue weighted by molar-refractivity contribution is -0.140. The number of alkyl halides is 3. The molecule has 0 aliphatic heterocycles. The third-order valence-electron chi connectivity index (χ3n) is 1.33. The van der Waals surface area contributed by atoms with Crippen molar-refractivity contribution < 1.29 is 17.6 Å². The number of benzene rings is 1. The van der Waals surface area contributed by atoms with Crippen molar-refractivity contribution in [2.24, 2.45) is 0 Å². The molecule has 6 heteroatoms. The van der Waals surface area contributed by atoms with Crippen LogP contribution in [0.5, 0.6) is 0 Å². The van der Waals surface area contributed by atoms with Crippen LogP contribution in [0.25, 0.3) is 0 Å². The van der Waals surface area contributed by atoms with E-state index in [0.717, 1.165) is 6.07 Å². The van der Waals surface area contributed by atoms with Gasteiger partial charge in [-0.2, -0.15) is 13.2 Å². The van der Waals surface area contributed by atoms with Gasteiger partial charge >= 0.3 is 6.18 Å². The van der Waals surface area contributed by atoms with Gasteiger partial charge in [0.1, 0.15) is 11.4 Å². The Bertz CT molecular complexity index is 334. The zero-order chi connectivity index (χ0) is 10.2. The van der Waals surface area contributed by atoms with Gasteiger partial charge in [-0.3, -0.25) is 0 Å². The van der Waals surface area contributed by atoms with Crippen LogP contribution in [0.1, 0.15) is 5.56 Å². The van der Waals surface area contributed by atoms with Crippen LogP contribution < -0.4 is 0 Å². The van der Waals surface area contributed by atoms with Gasteiger partial charge in [-0.25, -0.2) is 4.39 Å². The topological polar surface area (TPSA) is 0 Å². The van der Waals surface area contributed by atoms with Gasteiger partial charge in [0.15, 0.2) is 0 Å². The minimum absolute atomic E-state index is 0.102. The second-order valence-corrected chi connectivity index (χ2v) is 3.70. The molecule has 0 amide bonds. The van der Waals surface area contributed by atoms with E-state index >= 15 is 0 Å². The fourth-order valence-corrected chi connectivity index (χ4v) is 1.69. The van der Waals surface area contributed by atoms with Crippen molar-refractivity contribution in [1.29, 1.82) is 0 Å². The van der Waals surface area contributed by atoms with E-state index in [0.29, 0.717) is 6.07 Å². The van der Waals surface area contributed by atoms with Gasteiger partial charge in [0, 0.05) is 3.57 Å². The molecule has 0 aromatic heterocycles. The maximum absolute atomic E-state index is 12.7. The van der Waals surface area contributed by atoms with Crippen LogP contribution in [0.2, 0.25) is 5.02 Å². The van der Waals surface area contributed by atoms with Crippen LogP contribution in [0, 0.1) is 9.39 Å². The first-order chi connectivity index (χ1) is 5.84. The highest BCUT2D eigenvalue weighted by Crippen LogP contribution is 2.37. The highest BCUT2D eigenvalue weighted by atomic mass is 127. The molecule has 0 aliphatic rings. The van der Waals surface area contributed by atoms with Crippen molar-refractivity contribution >= 4 is 34.2 Å². The van der Waals surface area contributed by atoms with Gasteiger partial charge in [0.2, 0.25) is 0 Å². The number of rotatable bonds is 0. The van der Waals surface area contributed by atoms with Gasteiger partial charge in [0.25, 0.3) is 0 Å². The third kappa shape index (κ3) is 2.25. The molecule has 1 rings (SSSR count). The zero-order valence-corrected chi connectivity index (χ0v) is 8.84. The summed E-state index contributed by atoms with van der Waals surface area (Å²) in [6.45, 7) is 0. The Kier molecular flexibility index (Phi) is 3.06. The van der Waals surface area contributed by atoms with Crippen LogP contribution in [-0.4, -0.2) is 0 Å². The summed E-state index contributed by atoms with van der Waals surface area (Å²) in [6.07, 6.45) is -4.70. The molecule has 0 aliphatic carbocycles. The van der Waals surface area contributed by atoms with Crippen molar-refractivity contribution in [3.63, 3.8) is 0 Å². The summed E-state index contributed by atoms with van der Waals surface area (Å²) in [7, 11) is 0. The van der Waals surface area contributed by atoms with Crippen molar-refractivity contribution in [2.75, 3.05) is 0 Å². The van der Waals surface area contributed by atoms with Gasteiger partial charge < -0.3 is 0 Å². The molecule has 13 heavy (non-hydrogen) atoms. The van der Waals surface area contributed by atoms with Crippen LogP contribution in [-0.2, 0) is 6.18 Å². The summed E-state index contributed by atoms with van der Waals surface area (Å²) >= 11 is 6.78. The molecular formula is C7H2ClF4I. The van der Waals surface area contributed by atoms with E-state index in [-0.39, 0.29) is 8.59 Å². The van der Waals surface area contributed by atoms with Gasteiger partial charge in [-0.05, 0) is 34.7 Å². The SMILES string of the molecule is Fc1ccc(Cl)c(I)c1C(F)(F)F. The average molecular weight is 324 g/mol. The van der Waals surface area contributed by atoms with E-state index in [4.69, 9.17) is 11.6 Å². The van der Waals surface area contributed by atoms with E-state index in [9.17, 15) is 17.6 Å². The Morgan fingerprint density at radius 1 is 1.23 bits per heavy atom. The molecular weight excluding hydrogens is 322 g/mol. The maximum Gasteiger partial charge on any atom is 0.420 e. The van der Waals surface area contributed by atoms with Crippen LogP contribution in [0.3, 0.4) is 0 Å². The molecule has 0 heterocycles. The molecule has 0 saturated carbocycles. The molecule has 0 spiro atoms. The van der Waals surface area contributed by atoms with Crippen molar-refractivity contribution in [3.8, 4) is 0 Å². The molecule has 0 N–H and O–H groups in total. The van der Waals surface area contributed by atoms with Gasteiger partial charge in [0.05, 0.1) is 5.02 Å². The summed E-state index contributed by atoms with van der Waals surface area (Å²) in [5.41, 5.74) is -1.30. The van der Waals surface area contributed by atoms with E-state index < -0.39 is 17.6 Å². The number of hydrogen-bond donors (Lipinski definition) is 0. The minimum atomic E-state index is -4.70. The first-order valence-corrected chi connectivity index (χ1v) is 4.50. The van der Waals surface area contributed by atoms with Gasteiger partial charge in [-0.1, -0.05) is 11.6 Å². The number of halogens is 6. The lowest BCUT2D eigenvalue weighted by Crippen LogP contribution is -2.10. The molecule has 0 fully saturated rings. The average Bonchev–Trinajstić information content (AvgIpc) is 1.95. The normalized spacial score (nSPS) is 11.8. The van der Waals surface area contributed by atoms with Crippen LogP contribution in [0.15, 0.2) is 12.1 Å². The standard InChI is InChI=1S/C7H2ClF4I/c8-3-1-2-4(9)5(6(3)13)7(10,11)12/h1-2H. The summed E-state index contributed by atoms with van der Waals surface area (Å²) in [4.78, 5) is 0. The second kappa shape index (κ2) is 3.61. The van der Waals surface area contributed by atoms with Gasteiger partial charge in [-0.15, -0.1) is 0 Å². The largest absolute Gasteiger partial charge is 0.420 e. The van der Waals surface area contributed by atoms with Crippen LogP contribution >= 0.6 is 34.2 Å².